The van der Waals surface area contributed by atoms with E-state index in [4.69, 9.17) is 5.11 Å². The number of nitrogens with zero attached hydrogens (tertiary/aromatic N) is 2. The van der Waals surface area contributed by atoms with Crippen molar-refractivity contribution in [3.05, 3.63) is 69.6 Å². The monoisotopic (exact) mass is 340 g/mol. The summed E-state index contributed by atoms with van der Waals surface area (Å²) < 4.78 is 1.40. The smallest absolute Gasteiger partial charge is 0.335 e. The number of hydrogen-bond acceptors (Lipinski definition) is 3. The Kier molecular flexibility index (Phi) is 4.70. The Hall–Kier alpha value is -2.89. The quantitative estimate of drug-likeness (QED) is 0.928. The van der Waals surface area contributed by atoms with E-state index in [9.17, 15) is 14.4 Å². The number of carbonyl (C=O) groups excluding carboxylic acids is 1. The number of carboxylic acids is 1. The summed E-state index contributed by atoms with van der Waals surface area (Å²) in [6.45, 7) is 1.28. The predicted molar refractivity (Wildman–Crippen MR) is 93.0 cm³/mol. The minimum Gasteiger partial charge on any atom is -0.478 e. The van der Waals surface area contributed by atoms with Crippen LogP contribution in [0.25, 0.3) is 0 Å². The van der Waals surface area contributed by atoms with Crippen molar-refractivity contribution in [3.8, 4) is 0 Å². The van der Waals surface area contributed by atoms with Crippen LogP contribution in [0, 0.1) is 0 Å². The van der Waals surface area contributed by atoms with Crippen LogP contribution in [-0.2, 0) is 7.05 Å². The largest absolute Gasteiger partial charge is 0.478 e. The molecule has 1 fully saturated rings. The van der Waals surface area contributed by atoms with Gasteiger partial charge in [-0.2, -0.15) is 0 Å². The van der Waals surface area contributed by atoms with Crippen molar-refractivity contribution in [2.75, 3.05) is 13.1 Å². The molecule has 0 saturated carbocycles. The first-order valence-corrected chi connectivity index (χ1v) is 8.25. The average molecular weight is 340 g/mol. The highest BCUT2D eigenvalue weighted by molar-refractivity contribution is 5.94. The number of carboxylic acid groups (broad SMARTS) is 1. The molecule has 0 bridgehead atoms. The summed E-state index contributed by atoms with van der Waals surface area (Å²) in [6, 6.07) is 9.83. The molecule has 0 aliphatic carbocycles. The van der Waals surface area contributed by atoms with Gasteiger partial charge in [-0.1, -0.05) is 12.1 Å². The first-order chi connectivity index (χ1) is 12.0. The predicted octanol–water partition coefficient (Wildman–Crippen LogP) is 2.10. The molecule has 1 N–H and O–H groups in total. The first kappa shape index (κ1) is 17.0. The first-order valence-electron chi connectivity index (χ1n) is 8.25. The molecule has 25 heavy (non-hydrogen) atoms. The lowest BCUT2D eigenvalue weighted by molar-refractivity contribution is 0.0693. The summed E-state index contributed by atoms with van der Waals surface area (Å²) in [5, 5.41) is 8.99. The lowest BCUT2D eigenvalue weighted by atomic mass is 9.90. The van der Waals surface area contributed by atoms with Crippen LogP contribution in [0.3, 0.4) is 0 Å². The number of aryl methyl sites for hydroxylation is 1. The number of rotatable bonds is 3. The average Bonchev–Trinajstić information content (AvgIpc) is 2.63. The number of likely N-dealkylation sites (tertiary alicyclic amines) is 1. The van der Waals surface area contributed by atoms with Gasteiger partial charge in [0.2, 0.25) is 5.56 Å². The van der Waals surface area contributed by atoms with Gasteiger partial charge in [-0.25, -0.2) is 4.79 Å². The zero-order valence-electron chi connectivity index (χ0n) is 14.0. The zero-order valence-corrected chi connectivity index (χ0v) is 14.0. The summed E-state index contributed by atoms with van der Waals surface area (Å²) >= 11 is 0. The molecule has 1 aliphatic heterocycles. The lowest BCUT2D eigenvalue weighted by Crippen LogP contribution is -2.39. The third-order valence-electron chi connectivity index (χ3n) is 4.67. The maximum atomic E-state index is 12.7. The SMILES string of the molecule is Cn1cc(C(=O)N2CCC[C@@H](c3ccc(C(=O)O)cc3)C2)ccc1=O. The Morgan fingerprint density at radius 3 is 2.40 bits per heavy atom. The van der Waals surface area contributed by atoms with Gasteiger partial charge in [0.05, 0.1) is 11.1 Å². The van der Waals surface area contributed by atoms with Crippen molar-refractivity contribution in [2.24, 2.45) is 7.05 Å². The van der Waals surface area contributed by atoms with Gasteiger partial charge in [-0.15, -0.1) is 0 Å². The number of pyridine rings is 1. The third kappa shape index (κ3) is 3.63. The number of aromatic carboxylic acids is 1. The molecule has 1 aromatic carbocycles. The Morgan fingerprint density at radius 2 is 1.76 bits per heavy atom. The van der Waals surface area contributed by atoms with E-state index in [1.807, 2.05) is 12.1 Å². The summed E-state index contributed by atoms with van der Waals surface area (Å²) in [4.78, 5) is 37.0. The number of amides is 1. The van der Waals surface area contributed by atoms with E-state index in [0.717, 1.165) is 18.4 Å². The maximum absolute atomic E-state index is 12.7. The highest BCUT2D eigenvalue weighted by atomic mass is 16.4. The number of benzene rings is 1. The molecule has 1 atom stereocenters. The van der Waals surface area contributed by atoms with Gasteiger partial charge in [0.1, 0.15) is 0 Å². The molecule has 1 aliphatic rings. The highest BCUT2D eigenvalue weighted by Gasteiger charge is 2.25. The second-order valence-electron chi connectivity index (χ2n) is 6.38. The summed E-state index contributed by atoms with van der Waals surface area (Å²) in [7, 11) is 1.63. The van der Waals surface area contributed by atoms with Gasteiger partial charge in [0, 0.05) is 38.3 Å². The van der Waals surface area contributed by atoms with Crippen LogP contribution in [-0.4, -0.2) is 39.5 Å². The van der Waals surface area contributed by atoms with Crippen molar-refractivity contribution in [1.82, 2.24) is 9.47 Å². The summed E-state index contributed by atoms with van der Waals surface area (Å²) in [5.74, 6) is -0.836. The van der Waals surface area contributed by atoms with Gasteiger partial charge < -0.3 is 14.6 Å². The molecular weight excluding hydrogens is 320 g/mol. The minimum absolute atomic E-state index is 0.0811. The van der Waals surface area contributed by atoms with Crippen molar-refractivity contribution < 1.29 is 14.7 Å². The van der Waals surface area contributed by atoms with Gasteiger partial charge in [0.25, 0.3) is 5.91 Å². The summed E-state index contributed by atoms with van der Waals surface area (Å²) in [6.07, 6.45) is 3.42. The summed E-state index contributed by atoms with van der Waals surface area (Å²) in [5.41, 5.74) is 1.66. The van der Waals surface area contributed by atoms with Crippen LogP contribution in [0.2, 0.25) is 0 Å². The van der Waals surface area contributed by atoms with Crippen LogP contribution in [0.15, 0.2) is 47.4 Å². The van der Waals surface area contributed by atoms with Crippen LogP contribution in [0.1, 0.15) is 45.0 Å². The van der Waals surface area contributed by atoms with Crippen LogP contribution in [0.5, 0.6) is 0 Å². The second-order valence-corrected chi connectivity index (χ2v) is 6.38. The molecule has 0 radical (unpaired) electrons. The van der Waals surface area contributed by atoms with Crippen molar-refractivity contribution >= 4 is 11.9 Å². The van der Waals surface area contributed by atoms with Crippen molar-refractivity contribution in [1.29, 1.82) is 0 Å². The molecule has 0 spiro atoms. The second kappa shape index (κ2) is 6.93. The minimum atomic E-state index is -0.943. The van der Waals surface area contributed by atoms with Crippen molar-refractivity contribution in [3.63, 3.8) is 0 Å². The number of hydrogen-bond donors (Lipinski definition) is 1. The molecule has 3 rings (SSSR count). The molecule has 1 saturated heterocycles. The van der Waals surface area contributed by atoms with Gasteiger partial charge in [-0.3, -0.25) is 9.59 Å². The fourth-order valence-electron chi connectivity index (χ4n) is 3.23. The fraction of sp³-hybridized carbons (Fsp3) is 0.316. The molecule has 6 nitrogen and oxygen atoms in total. The normalized spacial score (nSPS) is 17.3. The molecule has 2 aromatic rings. The zero-order chi connectivity index (χ0) is 18.0. The van der Waals surface area contributed by atoms with Gasteiger partial charge >= 0.3 is 5.97 Å². The number of carbonyl (C=O) groups is 2. The highest BCUT2D eigenvalue weighted by Crippen LogP contribution is 2.28. The Bertz CT molecular complexity index is 854. The third-order valence-corrected chi connectivity index (χ3v) is 4.67. The Morgan fingerprint density at radius 1 is 1.08 bits per heavy atom. The lowest BCUT2D eigenvalue weighted by Gasteiger charge is -2.33. The van der Waals surface area contributed by atoms with E-state index < -0.39 is 5.97 Å². The van der Waals surface area contributed by atoms with E-state index in [1.54, 1.807) is 36.3 Å². The molecule has 130 valence electrons. The van der Waals surface area contributed by atoms with Crippen LogP contribution < -0.4 is 5.56 Å². The molecule has 0 unspecified atom stereocenters. The van der Waals surface area contributed by atoms with Crippen LogP contribution in [0.4, 0.5) is 0 Å². The topological polar surface area (TPSA) is 79.6 Å². The van der Waals surface area contributed by atoms with E-state index in [0.29, 0.717) is 18.7 Å². The van der Waals surface area contributed by atoms with E-state index >= 15 is 0 Å². The molecule has 2 heterocycles. The Balaban J connectivity index is 1.76. The molecule has 6 heteroatoms. The standard InChI is InChI=1S/C19H20N2O4/c1-20-11-16(8-9-17(20)22)18(23)21-10-2-3-15(12-21)13-4-6-14(7-5-13)19(24)25/h4-9,11,15H,2-3,10,12H2,1H3,(H,24,25)/t15-/m1/s1. The number of piperidine rings is 1. The fourth-order valence-corrected chi connectivity index (χ4v) is 3.23. The molecule has 1 aromatic heterocycles. The van der Waals surface area contributed by atoms with E-state index in [2.05, 4.69) is 0 Å². The van der Waals surface area contributed by atoms with Gasteiger partial charge in [-0.05, 0) is 36.6 Å². The maximum Gasteiger partial charge on any atom is 0.335 e. The molecule has 1 amide bonds. The van der Waals surface area contributed by atoms with Crippen LogP contribution >= 0.6 is 0 Å². The van der Waals surface area contributed by atoms with E-state index in [1.165, 1.54) is 10.6 Å². The number of aromatic nitrogens is 1. The van der Waals surface area contributed by atoms with Gasteiger partial charge in [0.15, 0.2) is 0 Å². The van der Waals surface area contributed by atoms with Crippen molar-refractivity contribution in [2.45, 2.75) is 18.8 Å². The molecular formula is C19H20N2O4. The Labute approximate surface area is 145 Å². The van der Waals surface area contributed by atoms with E-state index in [-0.39, 0.29) is 22.9 Å².